The fourth-order valence-electron chi connectivity index (χ4n) is 5.20. The quantitative estimate of drug-likeness (QED) is 0.147. The fraction of sp³-hybridized carbons (Fsp3) is 0.394. The molecule has 2 aliphatic rings. The minimum Gasteiger partial charge on any atom is -0.493 e. The molecule has 8 heteroatoms. The lowest BCUT2D eigenvalue weighted by molar-refractivity contribution is 0.0830. The molecule has 6 rings (SSSR count). The molecule has 0 bridgehead atoms. The van der Waals surface area contributed by atoms with Gasteiger partial charge in [0.1, 0.15) is 35.6 Å². The van der Waals surface area contributed by atoms with E-state index < -0.39 is 8.07 Å². The molecule has 1 N–H and O–H groups in total. The summed E-state index contributed by atoms with van der Waals surface area (Å²) in [6, 6.07) is 21.9. The van der Waals surface area contributed by atoms with E-state index in [1.807, 2.05) is 30.3 Å². The standard InChI is InChI=1S/C33H40N4O3Si/c1-41(2,3)17-16-38-23-37-21-30(24-8-5-4-6-9-24)36-33(37)26-18-25-19-28(12-13-31(25)39-22-26)40-29-14-15-34-32(20-29)35-27-10-7-11-27/h4-6,8-9,12-15,19-21,26-27H,7,10-11,16-18,22-23H2,1-3H3,(H,34,35). The topological polar surface area (TPSA) is 70.4 Å². The van der Waals surface area contributed by atoms with Crippen LogP contribution in [0.5, 0.6) is 17.2 Å². The van der Waals surface area contributed by atoms with Crippen molar-refractivity contribution in [1.82, 2.24) is 14.5 Å². The number of benzene rings is 2. The van der Waals surface area contributed by atoms with E-state index in [1.165, 1.54) is 19.3 Å². The van der Waals surface area contributed by atoms with Gasteiger partial charge in [-0.1, -0.05) is 50.0 Å². The molecule has 214 valence electrons. The predicted molar refractivity (Wildman–Crippen MR) is 166 cm³/mol. The van der Waals surface area contributed by atoms with E-state index in [1.54, 1.807) is 6.20 Å². The highest BCUT2D eigenvalue weighted by Gasteiger charge is 2.27. The Kier molecular flexibility index (Phi) is 8.12. The molecule has 2 aromatic carbocycles. The third-order valence-electron chi connectivity index (χ3n) is 7.83. The lowest BCUT2D eigenvalue weighted by atomic mass is 9.93. The van der Waals surface area contributed by atoms with Crippen LogP contribution < -0.4 is 14.8 Å². The molecule has 1 unspecified atom stereocenters. The first-order valence-electron chi connectivity index (χ1n) is 14.8. The molecule has 4 aromatic rings. The van der Waals surface area contributed by atoms with E-state index in [9.17, 15) is 0 Å². The third kappa shape index (κ3) is 7.00. The molecule has 0 amide bonds. The Bertz CT molecular complexity index is 1460. The lowest BCUT2D eigenvalue weighted by Crippen LogP contribution is -2.27. The Hall–Kier alpha value is -3.62. The SMILES string of the molecule is C[Si](C)(C)CCOCn1cc(-c2ccccc2)nc1C1COc2ccc(Oc3ccnc(NC4CCC4)c3)cc2C1. The van der Waals surface area contributed by atoms with Crippen molar-refractivity contribution in [3.8, 4) is 28.5 Å². The number of nitrogens with one attached hydrogen (secondary N) is 1. The maximum absolute atomic E-state index is 6.26. The van der Waals surface area contributed by atoms with Gasteiger partial charge in [0, 0.05) is 44.7 Å². The highest BCUT2D eigenvalue weighted by atomic mass is 28.3. The van der Waals surface area contributed by atoms with Crippen molar-refractivity contribution in [3.05, 3.63) is 84.4 Å². The Morgan fingerprint density at radius 2 is 1.85 bits per heavy atom. The van der Waals surface area contributed by atoms with E-state index in [0.717, 1.165) is 64.8 Å². The number of hydrogen-bond acceptors (Lipinski definition) is 6. The zero-order chi connectivity index (χ0) is 28.2. The van der Waals surface area contributed by atoms with Gasteiger partial charge in [-0.05, 0) is 61.6 Å². The number of anilines is 1. The average Bonchev–Trinajstić information content (AvgIpc) is 3.37. The number of imidazole rings is 1. The van der Waals surface area contributed by atoms with Gasteiger partial charge in [0.05, 0.1) is 18.2 Å². The normalized spacial score (nSPS) is 16.9. The van der Waals surface area contributed by atoms with Crippen molar-refractivity contribution in [1.29, 1.82) is 0 Å². The van der Waals surface area contributed by atoms with Crippen molar-refractivity contribution < 1.29 is 14.2 Å². The Morgan fingerprint density at radius 1 is 1.02 bits per heavy atom. The van der Waals surface area contributed by atoms with Crippen molar-refractivity contribution >= 4 is 13.9 Å². The van der Waals surface area contributed by atoms with E-state index >= 15 is 0 Å². The minimum absolute atomic E-state index is 0.106. The molecule has 41 heavy (non-hydrogen) atoms. The van der Waals surface area contributed by atoms with Crippen molar-refractivity contribution in [2.24, 2.45) is 0 Å². The van der Waals surface area contributed by atoms with Crippen LogP contribution in [0.2, 0.25) is 25.7 Å². The van der Waals surface area contributed by atoms with Crippen LogP contribution in [0.15, 0.2) is 73.1 Å². The average molecular weight is 569 g/mol. The molecule has 3 heterocycles. The van der Waals surface area contributed by atoms with E-state index in [4.69, 9.17) is 19.2 Å². The van der Waals surface area contributed by atoms with Crippen LogP contribution >= 0.6 is 0 Å². The second-order valence-corrected chi connectivity index (χ2v) is 18.0. The van der Waals surface area contributed by atoms with Gasteiger partial charge >= 0.3 is 0 Å². The highest BCUT2D eigenvalue weighted by Crippen LogP contribution is 2.37. The number of pyridine rings is 1. The number of nitrogens with zero attached hydrogens (tertiary/aromatic N) is 3. The van der Waals surface area contributed by atoms with Crippen LogP contribution in [0.4, 0.5) is 5.82 Å². The molecular weight excluding hydrogens is 528 g/mol. The van der Waals surface area contributed by atoms with Gasteiger partial charge in [-0.25, -0.2) is 9.97 Å². The van der Waals surface area contributed by atoms with E-state index in [-0.39, 0.29) is 5.92 Å². The van der Waals surface area contributed by atoms with Gasteiger partial charge in [0.2, 0.25) is 0 Å². The van der Waals surface area contributed by atoms with E-state index in [0.29, 0.717) is 19.4 Å². The van der Waals surface area contributed by atoms with Crippen LogP contribution in [0.1, 0.15) is 36.6 Å². The van der Waals surface area contributed by atoms with Gasteiger partial charge in [-0.3, -0.25) is 0 Å². The molecule has 0 saturated heterocycles. The van der Waals surface area contributed by atoms with Crippen LogP contribution in [0.3, 0.4) is 0 Å². The third-order valence-corrected chi connectivity index (χ3v) is 9.54. The van der Waals surface area contributed by atoms with Crippen LogP contribution in [0, 0.1) is 0 Å². The van der Waals surface area contributed by atoms with Crippen molar-refractivity contribution in [3.63, 3.8) is 0 Å². The second kappa shape index (κ2) is 12.1. The Balaban J connectivity index is 1.19. The fourth-order valence-corrected chi connectivity index (χ4v) is 5.96. The first-order chi connectivity index (χ1) is 19.9. The summed E-state index contributed by atoms with van der Waals surface area (Å²) >= 11 is 0. The van der Waals surface area contributed by atoms with Crippen molar-refractivity contribution in [2.75, 3.05) is 18.5 Å². The highest BCUT2D eigenvalue weighted by molar-refractivity contribution is 6.76. The smallest absolute Gasteiger partial charge is 0.132 e. The molecule has 0 spiro atoms. The molecule has 7 nitrogen and oxygen atoms in total. The molecule has 2 aromatic heterocycles. The van der Waals surface area contributed by atoms with Crippen LogP contribution in [0.25, 0.3) is 11.3 Å². The molecule has 0 radical (unpaired) electrons. The largest absolute Gasteiger partial charge is 0.493 e. The first kappa shape index (κ1) is 27.5. The summed E-state index contributed by atoms with van der Waals surface area (Å²) in [6.45, 7) is 8.97. The Labute approximate surface area is 243 Å². The van der Waals surface area contributed by atoms with Gasteiger partial charge in [-0.2, -0.15) is 0 Å². The minimum atomic E-state index is -1.16. The summed E-state index contributed by atoms with van der Waals surface area (Å²) < 4.78 is 20.8. The Morgan fingerprint density at radius 3 is 2.63 bits per heavy atom. The first-order valence-corrected chi connectivity index (χ1v) is 18.5. The summed E-state index contributed by atoms with van der Waals surface area (Å²) in [4.78, 5) is 9.56. The summed E-state index contributed by atoms with van der Waals surface area (Å²) in [7, 11) is -1.16. The summed E-state index contributed by atoms with van der Waals surface area (Å²) in [5.74, 6) is 4.43. The molecule has 1 saturated carbocycles. The molecule has 1 aliphatic heterocycles. The van der Waals surface area contributed by atoms with Crippen LogP contribution in [-0.4, -0.2) is 41.9 Å². The summed E-state index contributed by atoms with van der Waals surface area (Å²) in [6.07, 6.45) is 8.42. The summed E-state index contributed by atoms with van der Waals surface area (Å²) in [5.41, 5.74) is 3.18. The lowest BCUT2D eigenvalue weighted by Gasteiger charge is -2.27. The molecule has 1 aliphatic carbocycles. The van der Waals surface area contributed by atoms with Gasteiger partial charge < -0.3 is 24.1 Å². The zero-order valence-electron chi connectivity index (χ0n) is 24.3. The zero-order valence-corrected chi connectivity index (χ0v) is 25.3. The summed E-state index contributed by atoms with van der Waals surface area (Å²) in [5, 5.41) is 3.49. The molecule has 1 fully saturated rings. The van der Waals surface area contributed by atoms with Crippen LogP contribution in [-0.2, 0) is 17.9 Å². The molecule has 1 atom stereocenters. The second-order valence-electron chi connectivity index (χ2n) is 12.4. The predicted octanol–water partition coefficient (Wildman–Crippen LogP) is 7.73. The molecular formula is C33H40N4O3Si. The maximum atomic E-state index is 6.26. The number of aromatic nitrogens is 3. The monoisotopic (exact) mass is 568 g/mol. The maximum Gasteiger partial charge on any atom is 0.132 e. The number of rotatable bonds is 11. The number of hydrogen-bond donors (Lipinski definition) is 1. The van der Waals surface area contributed by atoms with Gasteiger partial charge in [0.25, 0.3) is 0 Å². The number of ether oxygens (including phenoxy) is 3. The van der Waals surface area contributed by atoms with Gasteiger partial charge in [0.15, 0.2) is 0 Å². The van der Waals surface area contributed by atoms with E-state index in [2.05, 4.69) is 71.0 Å². The van der Waals surface area contributed by atoms with Crippen molar-refractivity contribution in [2.45, 2.75) is 70.1 Å². The van der Waals surface area contributed by atoms with Gasteiger partial charge in [-0.15, -0.1) is 0 Å². The number of fused-ring (bicyclic) bond motifs is 1.